The van der Waals surface area contributed by atoms with Crippen LogP contribution < -0.4 is 10.6 Å². The normalized spacial score (nSPS) is 17.5. The zero-order valence-electron chi connectivity index (χ0n) is 14.2. The minimum atomic E-state index is -1.57. The van der Waals surface area contributed by atoms with Gasteiger partial charge >= 0.3 is 6.03 Å². The topological polar surface area (TPSA) is 61.4 Å². The molecule has 1 heterocycles. The molecule has 0 aromatic heterocycles. The summed E-state index contributed by atoms with van der Waals surface area (Å²) in [6, 6.07) is 0.964. The number of piperidine rings is 1. The largest absolute Gasteiger partial charge is 0.356 e. The van der Waals surface area contributed by atoms with Crippen molar-refractivity contribution in [3.05, 3.63) is 29.6 Å². The number of rotatable bonds is 4. The van der Waals surface area contributed by atoms with E-state index in [-0.39, 0.29) is 23.4 Å². The van der Waals surface area contributed by atoms with Crippen LogP contribution in [0, 0.1) is 29.3 Å². The first-order valence-electron chi connectivity index (χ1n) is 8.26. The Kier molecular flexibility index (Phi) is 6.27. The van der Waals surface area contributed by atoms with Crippen LogP contribution in [0.5, 0.6) is 0 Å². The molecule has 0 aliphatic carbocycles. The minimum Gasteiger partial charge on any atom is -0.356 e. The summed E-state index contributed by atoms with van der Waals surface area (Å²) in [6.07, 6.45) is 1.64. The number of nitrogens with zero attached hydrogens (tertiary/aromatic N) is 1. The van der Waals surface area contributed by atoms with Gasteiger partial charge in [-0.15, -0.1) is 0 Å². The Hall–Kier alpha value is -2.25. The Labute approximate surface area is 144 Å². The van der Waals surface area contributed by atoms with Crippen molar-refractivity contribution in [1.82, 2.24) is 10.2 Å². The van der Waals surface area contributed by atoms with E-state index in [0.717, 1.165) is 25.0 Å². The molecule has 1 fully saturated rings. The first kappa shape index (κ1) is 19.1. The number of hydrogen-bond donors (Lipinski definition) is 2. The number of carbonyl (C=O) groups excluding carboxylic acids is 2. The van der Waals surface area contributed by atoms with Crippen LogP contribution in [0.1, 0.15) is 26.7 Å². The van der Waals surface area contributed by atoms with Crippen molar-refractivity contribution in [1.29, 1.82) is 0 Å². The average molecular weight is 357 g/mol. The van der Waals surface area contributed by atoms with Gasteiger partial charge in [0.15, 0.2) is 17.5 Å². The number of benzene rings is 1. The van der Waals surface area contributed by atoms with Crippen LogP contribution in [-0.2, 0) is 4.79 Å². The number of urea groups is 1. The summed E-state index contributed by atoms with van der Waals surface area (Å²) >= 11 is 0. The van der Waals surface area contributed by atoms with Gasteiger partial charge in [-0.2, -0.15) is 0 Å². The van der Waals surface area contributed by atoms with E-state index in [1.165, 1.54) is 4.90 Å². The van der Waals surface area contributed by atoms with Crippen LogP contribution in [0.25, 0.3) is 0 Å². The van der Waals surface area contributed by atoms with E-state index in [9.17, 15) is 22.8 Å². The Morgan fingerprint density at radius 1 is 1.24 bits per heavy atom. The van der Waals surface area contributed by atoms with E-state index in [1.54, 1.807) is 13.8 Å². The van der Waals surface area contributed by atoms with Gasteiger partial charge in [0.05, 0.1) is 0 Å². The monoisotopic (exact) mass is 357 g/mol. The molecule has 1 saturated heterocycles. The van der Waals surface area contributed by atoms with Gasteiger partial charge in [0, 0.05) is 43.4 Å². The Bertz CT molecular complexity index is 629. The number of hydrogen-bond acceptors (Lipinski definition) is 2. The lowest BCUT2D eigenvalue weighted by Gasteiger charge is -2.33. The van der Waals surface area contributed by atoms with Gasteiger partial charge in [0.1, 0.15) is 0 Å². The Morgan fingerprint density at radius 3 is 2.48 bits per heavy atom. The SMILES string of the molecule is CC(C)C(=O)NC[C@H]1CCCN(C(=O)Nc2cc(F)c(F)c(F)c2)C1. The van der Waals surface area contributed by atoms with Gasteiger partial charge in [-0.1, -0.05) is 13.8 Å². The lowest BCUT2D eigenvalue weighted by atomic mass is 9.98. The van der Waals surface area contributed by atoms with Crippen molar-refractivity contribution >= 4 is 17.6 Å². The summed E-state index contributed by atoms with van der Waals surface area (Å²) < 4.78 is 39.4. The van der Waals surface area contributed by atoms with Gasteiger partial charge in [0.25, 0.3) is 0 Å². The van der Waals surface area contributed by atoms with E-state index in [4.69, 9.17) is 0 Å². The van der Waals surface area contributed by atoms with Crippen molar-refractivity contribution in [2.24, 2.45) is 11.8 Å². The predicted octanol–water partition coefficient (Wildman–Crippen LogP) is 3.12. The molecule has 0 spiro atoms. The van der Waals surface area contributed by atoms with Crippen LogP contribution in [0.2, 0.25) is 0 Å². The van der Waals surface area contributed by atoms with Gasteiger partial charge in [0.2, 0.25) is 5.91 Å². The summed E-state index contributed by atoms with van der Waals surface area (Å²) in [5.74, 6) is -4.32. The smallest absolute Gasteiger partial charge is 0.321 e. The highest BCUT2D eigenvalue weighted by Gasteiger charge is 2.24. The maximum atomic E-state index is 13.2. The van der Waals surface area contributed by atoms with Crippen molar-refractivity contribution in [2.75, 3.05) is 25.0 Å². The molecule has 8 heteroatoms. The van der Waals surface area contributed by atoms with E-state index >= 15 is 0 Å². The summed E-state index contributed by atoms with van der Waals surface area (Å²) in [4.78, 5) is 25.4. The van der Waals surface area contributed by atoms with E-state index in [0.29, 0.717) is 19.6 Å². The third-order valence-electron chi connectivity index (χ3n) is 4.13. The molecule has 1 aromatic carbocycles. The molecule has 0 bridgehead atoms. The standard InChI is InChI=1S/C17H22F3N3O2/c1-10(2)16(24)21-8-11-4-3-5-23(9-11)17(25)22-12-6-13(18)15(20)14(19)7-12/h6-7,10-11H,3-5,8-9H2,1-2H3,(H,21,24)(H,22,25)/t11-/m1/s1. The first-order valence-corrected chi connectivity index (χ1v) is 8.26. The molecule has 0 radical (unpaired) electrons. The number of amides is 3. The van der Waals surface area contributed by atoms with Crippen LogP contribution in [0.4, 0.5) is 23.7 Å². The molecule has 138 valence electrons. The van der Waals surface area contributed by atoms with Gasteiger partial charge in [-0.3, -0.25) is 4.79 Å². The van der Waals surface area contributed by atoms with Crippen LogP contribution in [0.3, 0.4) is 0 Å². The van der Waals surface area contributed by atoms with E-state index < -0.39 is 23.5 Å². The molecule has 0 unspecified atom stereocenters. The molecule has 0 saturated carbocycles. The second-order valence-corrected chi connectivity index (χ2v) is 6.54. The Balaban J connectivity index is 1.92. The molecule has 25 heavy (non-hydrogen) atoms. The van der Waals surface area contributed by atoms with Gasteiger partial charge in [-0.05, 0) is 18.8 Å². The zero-order chi connectivity index (χ0) is 18.6. The number of likely N-dealkylation sites (tertiary alicyclic amines) is 1. The lowest BCUT2D eigenvalue weighted by Crippen LogP contribution is -2.45. The number of halogens is 3. The zero-order valence-corrected chi connectivity index (χ0v) is 14.2. The summed E-state index contributed by atoms with van der Waals surface area (Å²) in [5, 5.41) is 5.22. The third-order valence-corrected chi connectivity index (χ3v) is 4.13. The van der Waals surface area contributed by atoms with Gasteiger partial charge in [-0.25, -0.2) is 18.0 Å². The highest BCUT2D eigenvalue weighted by molar-refractivity contribution is 5.89. The maximum absolute atomic E-state index is 13.2. The summed E-state index contributed by atoms with van der Waals surface area (Å²) in [7, 11) is 0. The second kappa shape index (κ2) is 8.22. The highest BCUT2D eigenvalue weighted by Crippen LogP contribution is 2.20. The van der Waals surface area contributed by atoms with Crippen molar-refractivity contribution in [2.45, 2.75) is 26.7 Å². The molecule has 2 N–H and O–H groups in total. The number of carbonyl (C=O) groups is 2. The van der Waals surface area contributed by atoms with Crippen molar-refractivity contribution in [3.8, 4) is 0 Å². The first-order chi connectivity index (χ1) is 11.8. The highest BCUT2D eigenvalue weighted by atomic mass is 19.2. The maximum Gasteiger partial charge on any atom is 0.321 e. The van der Waals surface area contributed by atoms with E-state index in [2.05, 4.69) is 10.6 Å². The minimum absolute atomic E-state index is 0.0427. The molecule has 1 aromatic rings. The molecular weight excluding hydrogens is 335 g/mol. The molecule has 2 rings (SSSR count). The molecule has 1 atom stereocenters. The fourth-order valence-corrected chi connectivity index (χ4v) is 2.70. The lowest BCUT2D eigenvalue weighted by molar-refractivity contribution is -0.124. The van der Waals surface area contributed by atoms with Gasteiger partial charge < -0.3 is 15.5 Å². The molecule has 5 nitrogen and oxygen atoms in total. The van der Waals surface area contributed by atoms with Crippen LogP contribution in [-0.4, -0.2) is 36.5 Å². The van der Waals surface area contributed by atoms with E-state index in [1.807, 2.05) is 0 Å². The molecular formula is C17H22F3N3O2. The fourth-order valence-electron chi connectivity index (χ4n) is 2.70. The molecule has 3 amide bonds. The number of anilines is 1. The van der Waals surface area contributed by atoms with Crippen LogP contribution in [0.15, 0.2) is 12.1 Å². The molecule has 1 aliphatic heterocycles. The molecule has 1 aliphatic rings. The second-order valence-electron chi connectivity index (χ2n) is 6.54. The van der Waals surface area contributed by atoms with Crippen LogP contribution >= 0.6 is 0 Å². The third kappa shape index (κ3) is 5.11. The number of nitrogens with one attached hydrogen (secondary N) is 2. The Morgan fingerprint density at radius 2 is 1.88 bits per heavy atom. The van der Waals surface area contributed by atoms with Crippen molar-refractivity contribution < 1.29 is 22.8 Å². The fraction of sp³-hybridized carbons (Fsp3) is 0.529. The average Bonchev–Trinajstić information content (AvgIpc) is 2.57. The quantitative estimate of drug-likeness (QED) is 0.814. The van der Waals surface area contributed by atoms with Crippen molar-refractivity contribution in [3.63, 3.8) is 0 Å². The summed E-state index contributed by atoms with van der Waals surface area (Å²) in [5.41, 5.74) is -0.142. The predicted molar refractivity (Wildman–Crippen MR) is 87.5 cm³/mol. The summed E-state index contributed by atoms with van der Waals surface area (Å²) in [6.45, 7) is 5.01.